The van der Waals surface area contributed by atoms with Gasteiger partial charge in [-0.05, 0) is 51.0 Å². The maximum absolute atomic E-state index is 12.4. The summed E-state index contributed by atoms with van der Waals surface area (Å²) >= 11 is 0. The second-order valence-corrected chi connectivity index (χ2v) is 6.00. The number of nitrogens with zero attached hydrogens (tertiary/aromatic N) is 2. The Morgan fingerprint density at radius 3 is 2.38 bits per heavy atom. The first-order valence-electron chi connectivity index (χ1n) is 7.74. The van der Waals surface area contributed by atoms with E-state index in [4.69, 9.17) is 4.42 Å². The molecule has 1 heterocycles. The predicted octanol–water partition coefficient (Wildman–Crippen LogP) is 4.22. The van der Waals surface area contributed by atoms with Gasteiger partial charge in [-0.1, -0.05) is 40.5 Å². The fourth-order valence-corrected chi connectivity index (χ4v) is 2.58. The van der Waals surface area contributed by atoms with Gasteiger partial charge in [-0.2, -0.15) is 0 Å². The summed E-state index contributed by atoms with van der Waals surface area (Å²) in [4.78, 5) is 12.4. The third kappa shape index (κ3) is 3.20. The summed E-state index contributed by atoms with van der Waals surface area (Å²) in [5, 5.41) is 10.6. The molecule has 0 bridgehead atoms. The molecule has 5 heteroatoms. The zero-order chi connectivity index (χ0) is 17.3. The number of amides is 1. The molecule has 1 aromatic heterocycles. The lowest BCUT2D eigenvalue weighted by atomic mass is 10.1. The van der Waals surface area contributed by atoms with E-state index in [0.717, 1.165) is 22.3 Å². The van der Waals surface area contributed by atoms with E-state index in [-0.39, 0.29) is 11.9 Å². The maximum atomic E-state index is 12.4. The Balaban J connectivity index is 1.83. The van der Waals surface area contributed by atoms with E-state index in [9.17, 15) is 4.79 Å². The van der Waals surface area contributed by atoms with Crippen molar-refractivity contribution >= 4 is 11.9 Å². The number of anilines is 1. The third-order valence-corrected chi connectivity index (χ3v) is 3.90. The van der Waals surface area contributed by atoms with Crippen molar-refractivity contribution in [3.63, 3.8) is 0 Å². The Labute approximate surface area is 140 Å². The van der Waals surface area contributed by atoms with Gasteiger partial charge in [0.2, 0.25) is 5.89 Å². The Morgan fingerprint density at radius 1 is 0.917 bits per heavy atom. The molecule has 3 aromatic rings. The second-order valence-electron chi connectivity index (χ2n) is 6.00. The average molecular weight is 321 g/mol. The molecular formula is C19H19N3O2. The highest BCUT2D eigenvalue weighted by Gasteiger charge is 2.15. The molecule has 122 valence electrons. The first-order chi connectivity index (χ1) is 11.4. The fraction of sp³-hybridized carbons (Fsp3) is 0.211. The van der Waals surface area contributed by atoms with E-state index in [2.05, 4.69) is 15.5 Å². The number of hydrogen-bond acceptors (Lipinski definition) is 4. The number of benzene rings is 2. The van der Waals surface area contributed by atoms with Crippen LogP contribution in [0.2, 0.25) is 0 Å². The van der Waals surface area contributed by atoms with Gasteiger partial charge in [0, 0.05) is 11.1 Å². The minimum absolute atomic E-state index is 0.0934. The van der Waals surface area contributed by atoms with Crippen LogP contribution in [-0.4, -0.2) is 16.1 Å². The number of aromatic nitrogens is 2. The molecule has 0 fully saturated rings. The van der Waals surface area contributed by atoms with Crippen molar-refractivity contribution in [2.45, 2.75) is 27.7 Å². The van der Waals surface area contributed by atoms with Gasteiger partial charge >= 0.3 is 6.01 Å². The molecule has 0 radical (unpaired) electrons. The lowest BCUT2D eigenvalue weighted by Gasteiger charge is -2.05. The first kappa shape index (κ1) is 15.9. The monoisotopic (exact) mass is 321 g/mol. The van der Waals surface area contributed by atoms with Crippen LogP contribution < -0.4 is 5.32 Å². The standard InChI is InChI=1S/C19H19N3O2/c1-11-6-8-15(14(4)9-11)18-21-22-19(24-18)20-17(23)16-10-12(2)5-7-13(16)3/h5-10H,1-4H3,(H,20,22,23). The molecule has 0 saturated heterocycles. The van der Waals surface area contributed by atoms with E-state index in [0.29, 0.717) is 11.5 Å². The number of aryl methyl sites for hydroxylation is 4. The number of nitrogens with one attached hydrogen (secondary N) is 1. The third-order valence-electron chi connectivity index (χ3n) is 3.90. The van der Waals surface area contributed by atoms with Crippen molar-refractivity contribution < 1.29 is 9.21 Å². The summed E-state index contributed by atoms with van der Waals surface area (Å²) in [6.45, 7) is 7.85. The van der Waals surface area contributed by atoms with Crippen LogP contribution in [-0.2, 0) is 0 Å². The van der Waals surface area contributed by atoms with Gasteiger partial charge in [-0.15, -0.1) is 5.10 Å². The molecule has 24 heavy (non-hydrogen) atoms. The number of rotatable bonds is 3. The number of hydrogen-bond donors (Lipinski definition) is 1. The topological polar surface area (TPSA) is 68.0 Å². The second kappa shape index (κ2) is 6.28. The molecule has 0 spiro atoms. The molecule has 0 aliphatic carbocycles. The molecule has 5 nitrogen and oxygen atoms in total. The zero-order valence-electron chi connectivity index (χ0n) is 14.2. The average Bonchev–Trinajstić information content (AvgIpc) is 2.97. The van der Waals surface area contributed by atoms with Crippen molar-refractivity contribution in [3.05, 3.63) is 64.2 Å². The van der Waals surface area contributed by atoms with Gasteiger partial charge in [0.1, 0.15) is 0 Å². The summed E-state index contributed by atoms with van der Waals surface area (Å²) < 4.78 is 5.60. The van der Waals surface area contributed by atoms with Crippen LogP contribution in [0.15, 0.2) is 40.8 Å². The Morgan fingerprint density at radius 2 is 1.62 bits per heavy atom. The Bertz CT molecular complexity index is 913. The maximum Gasteiger partial charge on any atom is 0.322 e. The van der Waals surface area contributed by atoms with E-state index in [1.165, 1.54) is 5.56 Å². The summed E-state index contributed by atoms with van der Waals surface area (Å²) in [5.41, 5.74) is 5.59. The highest BCUT2D eigenvalue weighted by Crippen LogP contribution is 2.24. The number of carbonyl (C=O) groups excluding carboxylic acids is 1. The van der Waals surface area contributed by atoms with Gasteiger partial charge in [-0.3, -0.25) is 10.1 Å². The predicted molar refractivity (Wildman–Crippen MR) is 93.1 cm³/mol. The van der Waals surface area contributed by atoms with Crippen LogP contribution in [0.4, 0.5) is 6.01 Å². The van der Waals surface area contributed by atoms with Crippen LogP contribution in [0.5, 0.6) is 0 Å². The normalized spacial score (nSPS) is 10.7. The molecule has 0 atom stereocenters. The Hall–Kier alpha value is -2.95. The van der Waals surface area contributed by atoms with Crippen LogP contribution in [0.3, 0.4) is 0 Å². The summed E-state index contributed by atoms with van der Waals surface area (Å²) in [5.74, 6) is 0.135. The van der Waals surface area contributed by atoms with Gasteiger partial charge in [0.25, 0.3) is 5.91 Å². The highest BCUT2D eigenvalue weighted by atomic mass is 16.4. The number of carbonyl (C=O) groups is 1. The van der Waals surface area contributed by atoms with E-state index >= 15 is 0 Å². The van der Waals surface area contributed by atoms with Crippen molar-refractivity contribution in [2.24, 2.45) is 0 Å². The first-order valence-corrected chi connectivity index (χ1v) is 7.74. The molecule has 0 saturated carbocycles. The van der Waals surface area contributed by atoms with Crippen molar-refractivity contribution in [1.82, 2.24) is 10.2 Å². The quantitative estimate of drug-likeness (QED) is 0.784. The molecule has 0 unspecified atom stereocenters. The van der Waals surface area contributed by atoms with Gasteiger partial charge < -0.3 is 4.42 Å². The molecule has 2 aromatic carbocycles. The van der Waals surface area contributed by atoms with Crippen molar-refractivity contribution in [1.29, 1.82) is 0 Å². The molecule has 1 N–H and O–H groups in total. The van der Waals surface area contributed by atoms with Gasteiger partial charge in [0.15, 0.2) is 0 Å². The smallest absolute Gasteiger partial charge is 0.322 e. The Kier molecular flexibility index (Phi) is 4.16. The largest absolute Gasteiger partial charge is 0.403 e. The zero-order valence-corrected chi connectivity index (χ0v) is 14.2. The molecule has 0 aliphatic rings. The van der Waals surface area contributed by atoms with Crippen LogP contribution >= 0.6 is 0 Å². The van der Waals surface area contributed by atoms with E-state index in [1.54, 1.807) is 0 Å². The minimum atomic E-state index is -0.257. The highest BCUT2D eigenvalue weighted by molar-refractivity contribution is 6.04. The summed E-state index contributed by atoms with van der Waals surface area (Å²) in [7, 11) is 0. The summed E-state index contributed by atoms with van der Waals surface area (Å²) in [6, 6.07) is 11.8. The van der Waals surface area contributed by atoms with Crippen molar-refractivity contribution in [2.75, 3.05) is 5.32 Å². The lowest BCUT2D eigenvalue weighted by Crippen LogP contribution is -2.13. The van der Waals surface area contributed by atoms with Crippen molar-refractivity contribution in [3.8, 4) is 11.5 Å². The van der Waals surface area contributed by atoms with E-state index < -0.39 is 0 Å². The fourth-order valence-electron chi connectivity index (χ4n) is 2.58. The molecule has 3 rings (SSSR count). The SMILES string of the molecule is Cc1ccc(-c2nnc(NC(=O)c3cc(C)ccc3C)o2)c(C)c1. The van der Waals surface area contributed by atoms with Gasteiger partial charge in [0.05, 0.1) is 0 Å². The van der Waals surface area contributed by atoms with E-state index in [1.807, 2.05) is 64.1 Å². The molecular weight excluding hydrogens is 302 g/mol. The van der Waals surface area contributed by atoms with Gasteiger partial charge in [-0.25, -0.2) is 0 Å². The van der Waals surface area contributed by atoms with Crippen LogP contribution in [0.1, 0.15) is 32.6 Å². The minimum Gasteiger partial charge on any atom is -0.403 e. The van der Waals surface area contributed by atoms with Crippen LogP contribution in [0, 0.1) is 27.7 Å². The lowest BCUT2D eigenvalue weighted by molar-refractivity contribution is 0.102. The molecule has 1 amide bonds. The molecule has 0 aliphatic heterocycles. The summed E-state index contributed by atoms with van der Waals surface area (Å²) in [6.07, 6.45) is 0. The van der Waals surface area contributed by atoms with Crippen LogP contribution in [0.25, 0.3) is 11.5 Å².